The number of benzene rings is 1. The first-order chi connectivity index (χ1) is 21.2. The molecule has 0 radical (unpaired) electrons. The van der Waals surface area contributed by atoms with Gasteiger partial charge in [0.1, 0.15) is 36.3 Å². The molecule has 1 aromatic carbocycles. The van der Waals surface area contributed by atoms with Gasteiger partial charge in [-0.05, 0) is 65.8 Å². The molecule has 46 heavy (non-hydrogen) atoms. The van der Waals surface area contributed by atoms with Gasteiger partial charge in [-0.1, -0.05) is 65.3 Å². The maximum atomic E-state index is 7.23. The number of hydrogen-bond donors (Lipinski definition) is 2. The molecule has 2 aliphatic heterocycles. The van der Waals surface area contributed by atoms with Crippen molar-refractivity contribution in [3.63, 3.8) is 0 Å². The van der Waals surface area contributed by atoms with Crippen LogP contribution in [0.5, 0.6) is 0 Å². The summed E-state index contributed by atoms with van der Waals surface area (Å²) in [5, 5.41) is 3.96. The second kappa shape index (κ2) is 12.9. The number of imidazole rings is 1. The molecule has 2 aliphatic rings. The molecule has 5 rings (SSSR count). The minimum absolute atomic E-state index is 0.0535. The highest BCUT2D eigenvalue weighted by atomic mass is 35.5. The second-order valence-corrected chi connectivity index (χ2v) is 28.3. The third kappa shape index (κ3) is 7.32. The van der Waals surface area contributed by atoms with Crippen LogP contribution in [0.2, 0.25) is 41.3 Å². The van der Waals surface area contributed by atoms with Crippen LogP contribution in [0.15, 0.2) is 36.9 Å². The van der Waals surface area contributed by atoms with Gasteiger partial charge in [-0.25, -0.2) is 20.0 Å². The van der Waals surface area contributed by atoms with Crippen molar-refractivity contribution in [2.75, 3.05) is 18.9 Å². The standard InChI is InChI=1S/C30H48ClN6O5PSSi2/c1-29(2,3)45(7,8)41-24-21(15-36-43(44)38-16-22(40-43)19-12-11-13-20(31)14-19)39-28(25(24)42-46(9,10)30(4,5)6)37-18-35-23-26(32)33-17-34-27(23)37/h11-14,17-18,21-22,24-25,28H,15-16H2,1-10H3,(H,36,44)(H2,32,33,34)/t21-,22?,24-,25-,28-,43?/m1/s1. The van der Waals surface area contributed by atoms with Crippen LogP contribution in [0.3, 0.4) is 0 Å². The smallest absolute Gasteiger partial charge is 0.262 e. The molecule has 3 N–H and O–H groups in total. The zero-order chi connectivity index (χ0) is 33.9. The van der Waals surface area contributed by atoms with E-state index in [-0.39, 0.29) is 16.2 Å². The Bertz CT molecular complexity index is 1620. The molecule has 0 saturated carbocycles. The van der Waals surface area contributed by atoms with Gasteiger partial charge in [0, 0.05) is 11.6 Å². The summed E-state index contributed by atoms with van der Waals surface area (Å²) in [6.45, 7) is 20.1. The van der Waals surface area contributed by atoms with Gasteiger partial charge in [-0.3, -0.25) is 4.57 Å². The van der Waals surface area contributed by atoms with Crippen LogP contribution in [0.1, 0.15) is 59.4 Å². The van der Waals surface area contributed by atoms with Crippen molar-refractivity contribution in [1.82, 2.24) is 24.6 Å². The lowest BCUT2D eigenvalue weighted by atomic mass is 10.1. The van der Waals surface area contributed by atoms with Crippen molar-refractivity contribution in [2.24, 2.45) is 0 Å². The number of anilines is 1. The first-order valence-corrected chi connectivity index (χ1v) is 24.4. The summed E-state index contributed by atoms with van der Waals surface area (Å²) in [5.74, 6) is 0.304. The maximum Gasteiger partial charge on any atom is 0.262 e. The van der Waals surface area contributed by atoms with E-state index in [0.717, 1.165) is 5.56 Å². The number of fused-ring (bicyclic) bond motifs is 1. The summed E-state index contributed by atoms with van der Waals surface area (Å²) < 4.78 is 35.7. The maximum absolute atomic E-state index is 7.23. The Labute approximate surface area is 284 Å². The molecule has 0 bridgehead atoms. The summed E-state index contributed by atoms with van der Waals surface area (Å²) in [6.07, 6.45) is 0.860. The first kappa shape index (κ1) is 36.0. The van der Waals surface area contributed by atoms with Crippen LogP contribution in [0.4, 0.5) is 5.82 Å². The average Bonchev–Trinajstić information content (AvgIpc) is 3.63. The lowest BCUT2D eigenvalue weighted by Gasteiger charge is -2.44. The molecule has 2 fully saturated rings. The number of aromatic nitrogens is 4. The molecule has 11 nitrogen and oxygen atoms in total. The highest BCUT2D eigenvalue weighted by Crippen LogP contribution is 2.55. The van der Waals surface area contributed by atoms with E-state index in [4.69, 9.17) is 51.8 Å². The Hall–Kier alpha value is -1.30. The minimum atomic E-state index is -2.85. The van der Waals surface area contributed by atoms with Crippen LogP contribution in [-0.2, 0) is 34.4 Å². The van der Waals surface area contributed by atoms with Crippen LogP contribution < -0.4 is 10.8 Å². The minimum Gasteiger partial charge on any atom is -0.408 e. The summed E-state index contributed by atoms with van der Waals surface area (Å²) in [5.41, 5.74) is 8.18. The number of rotatable bonds is 9. The molecule has 0 spiro atoms. The molecular weight excluding hydrogens is 679 g/mol. The van der Waals surface area contributed by atoms with Gasteiger partial charge < -0.3 is 28.4 Å². The Morgan fingerprint density at radius 1 is 1.04 bits per heavy atom. The SMILES string of the molecule is CC(C)(C)[Si](C)(C)O[C@@H]1[C@H](O[Si](C)(C)C(C)(C)C)[C@@H](CNP2(=S)OCC(c3cccc(Cl)c3)O2)O[C@H]1n1cnc2c(N)ncnc21. The van der Waals surface area contributed by atoms with Gasteiger partial charge in [-0.2, -0.15) is 0 Å². The second-order valence-electron chi connectivity index (χ2n) is 15.1. The molecule has 6 atom stereocenters. The summed E-state index contributed by atoms with van der Waals surface area (Å²) in [7, 11) is -4.67. The fourth-order valence-electron chi connectivity index (χ4n) is 5.00. The molecule has 4 heterocycles. The molecule has 3 aromatic rings. The zero-order valence-electron chi connectivity index (χ0n) is 28.4. The highest BCUT2D eigenvalue weighted by Gasteiger charge is 2.55. The molecule has 0 amide bonds. The Balaban J connectivity index is 1.50. The fourth-order valence-corrected chi connectivity index (χ4v) is 10.00. The summed E-state index contributed by atoms with van der Waals surface area (Å²) in [6, 6.07) is 7.57. The lowest BCUT2D eigenvalue weighted by molar-refractivity contribution is -0.0297. The quantitative estimate of drug-likeness (QED) is 0.170. The molecule has 2 saturated heterocycles. The van der Waals surface area contributed by atoms with Crippen LogP contribution in [0.25, 0.3) is 11.2 Å². The number of nitrogen functional groups attached to an aromatic ring is 1. The third-order valence-electron chi connectivity index (χ3n) is 9.79. The predicted molar refractivity (Wildman–Crippen MR) is 191 cm³/mol. The fraction of sp³-hybridized carbons (Fsp3) is 0.633. The van der Waals surface area contributed by atoms with Crippen molar-refractivity contribution in [1.29, 1.82) is 0 Å². The van der Waals surface area contributed by atoms with E-state index < -0.39 is 47.8 Å². The number of halogens is 1. The van der Waals surface area contributed by atoms with Gasteiger partial charge in [0.25, 0.3) is 6.64 Å². The Morgan fingerprint density at radius 3 is 2.33 bits per heavy atom. The summed E-state index contributed by atoms with van der Waals surface area (Å²) >= 11 is 12.2. The van der Waals surface area contributed by atoms with E-state index in [1.807, 2.05) is 28.8 Å². The van der Waals surface area contributed by atoms with Gasteiger partial charge in [0.2, 0.25) is 0 Å². The molecule has 2 unspecified atom stereocenters. The summed E-state index contributed by atoms with van der Waals surface area (Å²) in [4.78, 5) is 13.2. The van der Waals surface area contributed by atoms with E-state index in [2.05, 4.69) is 87.8 Å². The number of nitrogens with two attached hydrogens (primary N) is 1. The van der Waals surface area contributed by atoms with Crippen LogP contribution >= 0.6 is 18.2 Å². The predicted octanol–water partition coefficient (Wildman–Crippen LogP) is 7.34. The normalized spacial score (nSPS) is 27.9. The number of hydrogen-bond acceptors (Lipinski definition) is 10. The van der Waals surface area contributed by atoms with E-state index in [1.54, 1.807) is 6.33 Å². The highest BCUT2D eigenvalue weighted by molar-refractivity contribution is 8.09. The number of nitrogens with zero attached hydrogens (tertiary/aromatic N) is 4. The topological polar surface area (TPSA) is 128 Å². The molecular formula is C30H48ClN6O5PSSi2. The zero-order valence-corrected chi connectivity index (χ0v) is 32.9. The van der Waals surface area contributed by atoms with Crippen molar-refractivity contribution in [2.45, 2.75) is 108 Å². The molecule has 254 valence electrons. The van der Waals surface area contributed by atoms with Gasteiger partial charge in [0.15, 0.2) is 34.3 Å². The van der Waals surface area contributed by atoms with E-state index in [0.29, 0.717) is 35.2 Å². The van der Waals surface area contributed by atoms with Gasteiger partial charge in [0.05, 0.1) is 12.9 Å². The van der Waals surface area contributed by atoms with Gasteiger partial charge in [-0.15, -0.1) is 0 Å². The van der Waals surface area contributed by atoms with Crippen molar-refractivity contribution >= 4 is 63.7 Å². The number of ether oxygens (including phenoxy) is 1. The largest absolute Gasteiger partial charge is 0.408 e. The monoisotopic (exact) mass is 726 g/mol. The molecule has 16 heteroatoms. The number of nitrogens with one attached hydrogen (secondary N) is 1. The van der Waals surface area contributed by atoms with Crippen LogP contribution in [0, 0.1) is 0 Å². The van der Waals surface area contributed by atoms with Crippen molar-refractivity contribution in [3.8, 4) is 0 Å². The third-order valence-corrected chi connectivity index (χ3v) is 21.5. The molecule has 0 aliphatic carbocycles. The lowest BCUT2D eigenvalue weighted by Crippen LogP contribution is -2.54. The Morgan fingerprint density at radius 2 is 1.70 bits per heavy atom. The van der Waals surface area contributed by atoms with Crippen molar-refractivity contribution < 1.29 is 22.6 Å². The molecule has 2 aromatic heterocycles. The van der Waals surface area contributed by atoms with Crippen molar-refractivity contribution in [3.05, 3.63) is 47.5 Å². The Kier molecular flexibility index (Phi) is 10.1. The van der Waals surface area contributed by atoms with E-state index in [9.17, 15) is 0 Å². The van der Waals surface area contributed by atoms with Gasteiger partial charge >= 0.3 is 0 Å². The first-order valence-electron chi connectivity index (χ1n) is 15.6. The average molecular weight is 727 g/mol. The van der Waals surface area contributed by atoms with E-state index in [1.165, 1.54) is 6.33 Å². The van der Waals surface area contributed by atoms with E-state index >= 15 is 0 Å². The van der Waals surface area contributed by atoms with Crippen LogP contribution in [-0.4, -0.2) is 67.6 Å².